The molecule has 4 heteroatoms. The molecule has 18 heavy (non-hydrogen) atoms. The lowest BCUT2D eigenvalue weighted by Crippen LogP contribution is -2.22. The number of hydrogen-bond donors (Lipinski definition) is 2. The van der Waals surface area contributed by atoms with Crippen LogP contribution in [0.2, 0.25) is 5.02 Å². The van der Waals surface area contributed by atoms with E-state index < -0.39 is 0 Å². The number of carbonyl (C=O) groups is 1. The van der Waals surface area contributed by atoms with Crippen LogP contribution in [0.4, 0.5) is 0 Å². The zero-order chi connectivity index (χ0) is 13.1. The molecule has 0 atom stereocenters. The van der Waals surface area contributed by atoms with Gasteiger partial charge in [-0.05, 0) is 43.7 Å². The zero-order valence-corrected chi connectivity index (χ0v) is 11.1. The molecule has 0 bridgehead atoms. The van der Waals surface area contributed by atoms with E-state index in [4.69, 9.17) is 11.6 Å². The van der Waals surface area contributed by atoms with E-state index in [0.717, 1.165) is 17.0 Å². The number of carbonyl (C=O) groups excluding carboxylic acids is 1. The van der Waals surface area contributed by atoms with Crippen molar-refractivity contribution >= 4 is 17.5 Å². The quantitative estimate of drug-likeness (QED) is 0.877. The molecule has 0 unspecified atom stereocenters. The van der Waals surface area contributed by atoms with Crippen molar-refractivity contribution in [2.75, 3.05) is 0 Å². The van der Waals surface area contributed by atoms with Gasteiger partial charge in [-0.3, -0.25) is 4.79 Å². The monoisotopic (exact) mass is 262 g/mol. The molecule has 0 aliphatic carbocycles. The summed E-state index contributed by atoms with van der Waals surface area (Å²) in [6.07, 6.45) is 0. The largest absolute Gasteiger partial charge is 0.362 e. The van der Waals surface area contributed by atoms with Crippen molar-refractivity contribution < 1.29 is 4.79 Å². The molecule has 2 aromatic rings. The molecular formula is C14H15ClN2O. The number of aryl methyl sites for hydroxylation is 2. The van der Waals surface area contributed by atoms with E-state index in [2.05, 4.69) is 10.3 Å². The van der Waals surface area contributed by atoms with Gasteiger partial charge in [0.25, 0.3) is 5.91 Å². The summed E-state index contributed by atoms with van der Waals surface area (Å²) in [6.45, 7) is 4.50. The van der Waals surface area contributed by atoms with Crippen molar-refractivity contribution in [2.24, 2.45) is 0 Å². The number of aromatic nitrogens is 1. The second-order valence-electron chi connectivity index (χ2n) is 4.30. The Kier molecular flexibility index (Phi) is 3.72. The molecule has 0 saturated heterocycles. The molecule has 94 valence electrons. The average Bonchev–Trinajstić information content (AvgIpc) is 2.65. The van der Waals surface area contributed by atoms with Gasteiger partial charge >= 0.3 is 0 Å². The standard InChI is InChI=1S/C14H15ClN2O/c1-9-6-12(10(2)17-9)8-16-14(18)11-4-3-5-13(15)7-11/h3-7,17H,8H2,1-2H3,(H,16,18). The Bertz CT molecular complexity index is 575. The molecule has 1 amide bonds. The lowest BCUT2D eigenvalue weighted by atomic mass is 10.2. The van der Waals surface area contributed by atoms with Crippen LogP contribution >= 0.6 is 11.6 Å². The van der Waals surface area contributed by atoms with Crippen molar-refractivity contribution in [3.63, 3.8) is 0 Å². The predicted octanol–water partition coefficient (Wildman–Crippen LogP) is 3.21. The lowest BCUT2D eigenvalue weighted by Gasteiger charge is -2.05. The summed E-state index contributed by atoms with van der Waals surface area (Å²) in [5, 5.41) is 3.45. The fraction of sp³-hybridized carbons (Fsp3) is 0.214. The fourth-order valence-electron chi connectivity index (χ4n) is 1.87. The van der Waals surface area contributed by atoms with Gasteiger partial charge in [0.15, 0.2) is 0 Å². The maximum Gasteiger partial charge on any atom is 0.251 e. The van der Waals surface area contributed by atoms with E-state index in [0.29, 0.717) is 17.1 Å². The fourth-order valence-corrected chi connectivity index (χ4v) is 2.06. The molecule has 3 nitrogen and oxygen atoms in total. The number of benzene rings is 1. The number of halogens is 1. The summed E-state index contributed by atoms with van der Waals surface area (Å²) in [7, 11) is 0. The molecule has 1 aromatic heterocycles. The van der Waals surface area contributed by atoms with Crippen molar-refractivity contribution in [3.05, 3.63) is 57.9 Å². The van der Waals surface area contributed by atoms with Crippen LogP contribution in [0.15, 0.2) is 30.3 Å². The second-order valence-corrected chi connectivity index (χ2v) is 4.73. The summed E-state index contributed by atoms with van der Waals surface area (Å²) < 4.78 is 0. The highest BCUT2D eigenvalue weighted by atomic mass is 35.5. The Hall–Kier alpha value is -1.74. The Morgan fingerprint density at radius 2 is 2.11 bits per heavy atom. The van der Waals surface area contributed by atoms with Crippen LogP contribution in [-0.2, 0) is 6.54 Å². The molecule has 0 fully saturated rings. The molecule has 0 aliphatic heterocycles. The molecule has 0 saturated carbocycles. The third kappa shape index (κ3) is 2.93. The number of hydrogen-bond acceptors (Lipinski definition) is 1. The van der Waals surface area contributed by atoms with Crippen LogP contribution in [-0.4, -0.2) is 10.9 Å². The first-order chi connectivity index (χ1) is 8.56. The first-order valence-corrected chi connectivity index (χ1v) is 6.13. The minimum absolute atomic E-state index is 0.115. The van der Waals surface area contributed by atoms with E-state index in [1.54, 1.807) is 24.3 Å². The third-order valence-electron chi connectivity index (χ3n) is 2.78. The van der Waals surface area contributed by atoms with Crippen LogP contribution in [0, 0.1) is 13.8 Å². The van der Waals surface area contributed by atoms with Crippen LogP contribution < -0.4 is 5.32 Å². The highest BCUT2D eigenvalue weighted by Crippen LogP contribution is 2.12. The summed E-state index contributed by atoms with van der Waals surface area (Å²) in [5.74, 6) is -0.115. The van der Waals surface area contributed by atoms with Gasteiger partial charge in [-0.25, -0.2) is 0 Å². The lowest BCUT2D eigenvalue weighted by molar-refractivity contribution is 0.0951. The van der Waals surface area contributed by atoms with E-state index in [1.807, 2.05) is 19.9 Å². The van der Waals surface area contributed by atoms with E-state index in [1.165, 1.54) is 0 Å². The van der Waals surface area contributed by atoms with Crippen molar-refractivity contribution in [2.45, 2.75) is 20.4 Å². The summed E-state index contributed by atoms with van der Waals surface area (Å²) in [4.78, 5) is 15.1. The van der Waals surface area contributed by atoms with E-state index >= 15 is 0 Å². The highest BCUT2D eigenvalue weighted by Gasteiger charge is 2.07. The predicted molar refractivity (Wildman–Crippen MR) is 72.9 cm³/mol. The maximum absolute atomic E-state index is 11.9. The minimum atomic E-state index is -0.115. The molecule has 0 radical (unpaired) electrons. The van der Waals surface area contributed by atoms with Gasteiger partial charge < -0.3 is 10.3 Å². The van der Waals surface area contributed by atoms with E-state index in [9.17, 15) is 4.79 Å². The summed E-state index contributed by atoms with van der Waals surface area (Å²) >= 11 is 5.85. The Balaban J connectivity index is 2.02. The van der Waals surface area contributed by atoms with Crippen LogP contribution in [0.1, 0.15) is 27.3 Å². The molecule has 2 rings (SSSR count). The van der Waals surface area contributed by atoms with Crippen molar-refractivity contribution in [3.8, 4) is 0 Å². The number of amides is 1. The molecule has 2 N–H and O–H groups in total. The number of nitrogens with one attached hydrogen (secondary N) is 2. The number of H-pyrrole nitrogens is 1. The third-order valence-corrected chi connectivity index (χ3v) is 3.02. The van der Waals surface area contributed by atoms with E-state index in [-0.39, 0.29) is 5.91 Å². The van der Waals surface area contributed by atoms with Gasteiger partial charge in [-0.1, -0.05) is 17.7 Å². The molecule has 0 spiro atoms. The number of aromatic amines is 1. The van der Waals surface area contributed by atoms with Crippen LogP contribution in [0.3, 0.4) is 0 Å². The zero-order valence-electron chi connectivity index (χ0n) is 10.4. The second kappa shape index (κ2) is 5.27. The molecule has 0 aliphatic rings. The van der Waals surface area contributed by atoms with Crippen molar-refractivity contribution in [1.82, 2.24) is 10.3 Å². The summed E-state index contributed by atoms with van der Waals surface area (Å²) in [6, 6.07) is 8.96. The van der Waals surface area contributed by atoms with Crippen molar-refractivity contribution in [1.29, 1.82) is 0 Å². The van der Waals surface area contributed by atoms with Gasteiger partial charge in [0.2, 0.25) is 0 Å². The van der Waals surface area contributed by atoms with Gasteiger partial charge in [0, 0.05) is 28.5 Å². The molecular weight excluding hydrogens is 248 g/mol. The van der Waals surface area contributed by atoms with Gasteiger partial charge in [0.05, 0.1) is 0 Å². The first kappa shape index (κ1) is 12.7. The Labute approximate surface area is 111 Å². The van der Waals surface area contributed by atoms with Crippen LogP contribution in [0.25, 0.3) is 0 Å². The van der Waals surface area contributed by atoms with Gasteiger partial charge in [-0.15, -0.1) is 0 Å². The molecule has 1 aromatic carbocycles. The average molecular weight is 263 g/mol. The number of rotatable bonds is 3. The van der Waals surface area contributed by atoms with Gasteiger partial charge in [-0.2, -0.15) is 0 Å². The molecule has 1 heterocycles. The Morgan fingerprint density at radius 1 is 1.33 bits per heavy atom. The summed E-state index contributed by atoms with van der Waals surface area (Å²) in [5.41, 5.74) is 3.86. The normalized spacial score (nSPS) is 10.4. The highest BCUT2D eigenvalue weighted by molar-refractivity contribution is 6.30. The smallest absolute Gasteiger partial charge is 0.251 e. The van der Waals surface area contributed by atoms with Gasteiger partial charge in [0.1, 0.15) is 0 Å². The van der Waals surface area contributed by atoms with Crippen LogP contribution in [0.5, 0.6) is 0 Å². The first-order valence-electron chi connectivity index (χ1n) is 5.75. The SMILES string of the molecule is Cc1cc(CNC(=O)c2cccc(Cl)c2)c(C)[nH]1. The Morgan fingerprint density at radius 3 is 2.72 bits per heavy atom. The maximum atomic E-state index is 11.9. The topological polar surface area (TPSA) is 44.9 Å². The minimum Gasteiger partial charge on any atom is -0.362 e.